The molecule has 1 aromatic carbocycles. The number of aromatic nitrogens is 1. The van der Waals surface area contributed by atoms with E-state index in [0.717, 1.165) is 0 Å². The van der Waals surface area contributed by atoms with Crippen molar-refractivity contribution in [3.63, 3.8) is 0 Å². The maximum Gasteiger partial charge on any atom is 0.341 e. The molecule has 3 rings (SSSR count). The van der Waals surface area contributed by atoms with Crippen LogP contribution in [0.25, 0.3) is 11.1 Å². The van der Waals surface area contributed by atoms with E-state index in [1.54, 1.807) is 32.0 Å². The Morgan fingerprint density at radius 1 is 1.33 bits per heavy atom. The minimum absolute atomic E-state index is 0.0296. The van der Waals surface area contributed by atoms with Gasteiger partial charge in [-0.05, 0) is 25.1 Å². The molecule has 7 heteroatoms. The number of ether oxygens (including phenoxy) is 2. The van der Waals surface area contributed by atoms with Gasteiger partial charge in [-0.25, -0.2) is 9.59 Å². The Balaban J connectivity index is 2.39. The Morgan fingerprint density at radius 3 is 2.79 bits per heavy atom. The number of carbonyl (C=O) groups is 2. The van der Waals surface area contributed by atoms with Gasteiger partial charge in [-0.15, -0.1) is 4.91 Å². The van der Waals surface area contributed by atoms with E-state index in [9.17, 15) is 14.5 Å². The quantitative estimate of drug-likeness (QED) is 0.632. The predicted octanol–water partition coefficient (Wildman–Crippen LogP) is 3.30. The van der Waals surface area contributed by atoms with Gasteiger partial charge in [-0.3, -0.25) is 4.98 Å². The minimum Gasteiger partial charge on any atom is -0.462 e. The Morgan fingerprint density at radius 2 is 2.08 bits per heavy atom. The molecular weight excluding hydrogens is 312 g/mol. The number of nitroso groups, excluding NO2 is 1. The first-order chi connectivity index (χ1) is 11.6. The van der Waals surface area contributed by atoms with E-state index in [1.807, 2.05) is 0 Å². The molecule has 2 aromatic rings. The molecule has 0 bridgehead atoms. The SMILES string of the molecule is CCOC(=O)c1c(C)nc2c(c1-c1ccccc1N=O)C(=O)OC2. The zero-order chi connectivity index (χ0) is 17.3. The fourth-order valence-corrected chi connectivity index (χ4v) is 2.78. The average molecular weight is 326 g/mol. The van der Waals surface area contributed by atoms with E-state index in [4.69, 9.17) is 9.47 Å². The summed E-state index contributed by atoms with van der Waals surface area (Å²) < 4.78 is 10.1. The van der Waals surface area contributed by atoms with Gasteiger partial charge >= 0.3 is 11.9 Å². The highest BCUT2D eigenvalue weighted by Gasteiger charge is 2.33. The third-order valence-corrected chi connectivity index (χ3v) is 3.75. The fraction of sp³-hybridized carbons (Fsp3) is 0.235. The lowest BCUT2D eigenvalue weighted by Gasteiger charge is -2.15. The van der Waals surface area contributed by atoms with Crippen molar-refractivity contribution in [3.05, 3.63) is 51.7 Å². The monoisotopic (exact) mass is 326 g/mol. The second-order valence-electron chi connectivity index (χ2n) is 5.17. The van der Waals surface area contributed by atoms with Crippen molar-refractivity contribution in [2.24, 2.45) is 5.18 Å². The second kappa shape index (κ2) is 6.19. The van der Waals surface area contributed by atoms with E-state index in [1.165, 1.54) is 6.07 Å². The standard InChI is InChI=1S/C17H14N2O5/c1-3-23-16(20)13-9(2)18-12-8-24-17(21)15(12)14(13)10-6-4-5-7-11(10)19-22/h4-7H,3,8H2,1-2H3. The Kier molecular flexibility index (Phi) is 4.07. The zero-order valence-electron chi connectivity index (χ0n) is 13.2. The zero-order valence-corrected chi connectivity index (χ0v) is 13.2. The molecule has 1 aliphatic rings. The lowest BCUT2D eigenvalue weighted by molar-refractivity contribution is 0.0523. The van der Waals surface area contributed by atoms with Crippen LogP contribution in [-0.2, 0) is 16.1 Å². The van der Waals surface area contributed by atoms with Crippen LogP contribution < -0.4 is 0 Å². The Hall–Kier alpha value is -3.09. The van der Waals surface area contributed by atoms with Gasteiger partial charge in [0, 0.05) is 11.1 Å². The summed E-state index contributed by atoms with van der Waals surface area (Å²) in [5.74, 6) is -1.19. The van der Waals surface area contributed by atoms with Gasteiger partial charge in [-0.2, -0.15) is 0 Å². The molecule has 0 aliphatic carbocycles. The van der Waals surface area contributed by atoms with Crippen LogP contribution in [-0.4, -0.2) is 23.5 Å². The molecule has 7 nitrogen and oxygen atoms in total. The lowest BCUT2D eigenvalue weighted by Crippen LogP contribution is -2.14. The number of hydrogen-bond donors (Lipinski definition) is 0. The maximum absolute atomic E-state index is 12.4. The molecule has 1 aliphatic heterocycles. The van der Waals surface area contributed by atoms with Crippen LogP contribution in [0, 0.1) is 11.8 Å². The van der Waals surface area contributed by atoms with Crippen LogP contribution >= 0.6 is 0 Å². The number of nitrogens with zero attached hydrogens (tertiary/aromatic N) is 2. The van der Waals surface area contributed by atoms with Crippen molar-refractivity contribution in [3.8, 4) is 11.1 Å². The van der Waals surface area contributed by atoms with Crippen LogP contribution in [0.3, 0.4) is 0 Å². The summed E-state index contributed by atoms with van der Waals surface area (Å²) in [6.07, 6.45) is 0. The molecule has 0 amide bonds. The van der Waals surface area contributed by atoms with Crippen molar-refractivity contribution in [2.75, 3.05) is 6.61 Å². The number of rotatable bonds is 4. The first-order valence-corrected chi connectivity index (χ1v) is 7.39. The van der Waals surface area contributed by atoms with Crippen molar-refractivity contribution in [2.45, 2.75) is 20.5 Å². The smallest absolute Gasteiger partial charge is 0.341 e. The number of pyridine rings is 1. The average Bonchev–Trinajstić information content (AvgIpc) is 2.94. The van der Waals surface area contributed by atoms with Crippen molar-refractivity contribution >= 4 is 17.6 Å². The largest absolute Gasteiger partial charge is 0.462 e. The number of cyclic esters (lactones) is 1. The van der Waals surface area contributed by atoms with E-state index < -0.39 is 11.9 Å². The third-order valence-electron chi connectivity index (χ3n) is 3.75. The molecule has 0 unspecified atom stereocenters. The van der Waals surface area contributed by atoms with Gasteiger partial charge in [-0.1, -0.05) is 18.2 Å². The van der Waals surface area contributed by atoms with Crippen molar-refractivity contribution in [1.82, 2.24) is 4.98 Å². The van der Waals surface area contributed by atoms with E-state index >= 15 is 0 Å². The number of hydrogen-bond acceptors (Lipinski definition) is 7. The highest BCUT2D eigenvalue weighted by molar-refractivity contribution is 6.09. The molecule has 0 spiro atoms. The minimum atomic E-state index is -0.610. The predicted molar refractivity (Wildman–Crippen MR) is 84.9 cm³/mol. The highest BCUT2D eigenvalue weighted by atomic mass is 16.5. The number of benzene rings is 1. The summed E-state index contributed by atoms with van der Waals surface area (Å²) in [7, 11) is 0. The van der Waals surface area contributed by atoms with Gasteiger partial charge in [0.15, 0.2) is 0 Å². The van der Waals surface area contributed by atoms with Gasteiger partial charge in [0.25, 0.3) is 0 Å². The lowest BCUT2D eigenvalue weighted by atomic mass is 9.92. The molecule has 0 saturated carbocycles. The molecule has 0 radical (unpaired) electrons. The summed E-state index contributed by atoms with van der Waals surface area (Å²) >= 11 is 0. The molecule has 0 saturated heterocycles. The van der Waals surface area contributed by atoms with E-state index in [2.05, 4.69) is 10.2 Å². The van der Waals surface area contributed by atoms with Crippen molar-refractivity contribution < 1.29 is 19.1 Å². The summed E-state index contributed by atoms with van der Waals surface area (Å²) in [5, 5.41) is 3.00. The number of carbonyl (C=O) groups excluding carboxylic acids is 2. The molecule has 24 heavy (non-hydrogen) atoms. The molecule has 0 atom stereocenters. The normalized spacial score (nSPS) is 12.5. The van der Waals surface area contributed by atoms with Crippen LogP contribution in [0.5, 0.6) is 0 Å². The van der Waals surface area contributed by atoms with Crippen molar-refractivity contribution in [1.29, 1.82) is 0 Å². The van der Waals surface area contributed by atoms with E-state index in [0.29, 0.717) is 17.0 Å². The first kappa shape index (κ1) is 15.8. The second-order valence-corrected chi connectivity index (χ2v) is 5.17. The molecule has 0 fully saturated rings. The Bertz CT molecular complexity index is 860. The molecule has 0 N–H and O–H groups in total. The highest BCUT2D eigenvalue weighted by Crippen LogP contribution is 2.39. The fourth-order valence-electron chi connectivity index (χ4n) is 2.78. The van der Waals surface area contributed by atoms with Gasteiger partial charge in [0.2, 0.25) is 0 Å². The summed E-state index contributed by atoms with van der Waals surface area (Å²) in [6.45, 7) is 3.54. The number of aryl methyl sites for hydroxylation is 1. The summed E-state index contributed by atoms with van der Waals surface area (Å²) in [4.78, 5) is 40.1. The van der Waals surface area contributed by atoms with Gasteiger partial charge < -0.3 is 9.47 Å². The van der Waals surface area contributed by atoms with Crippen LogP contribution in [0.2, 0.25) is 0 Å². The van der Waals surface area contributed by atoms with Gasteiger partial charge in [0.05, 0.1) is 29.1 Å². The molecule has 2 heterocycles. The van der Waals surface area contributed by atoms with Crippen LogP contribution in [0.15, 0.2) is 29.4 Å². The summed E-state index contributed by atoms with van der Waals surface area (Å²) in [6, 6.07) is 6.48. The molecule has 122 valence electrons. The van der Waals surface area contributed by atoms with Crippen LogP contribution in [0.1, 0.15) is 39.0 Å². The van der Waals surface area contributed by atoms with E-state index in [-0.39, 0.29) is 35.6 Å². The number of esters is 2. The maximum atomic E-state index is 12.4. The van der Waals surface area contributed by atoms with Gasteiger partial charge in [0.1, 0.15) is 12.3 Å². The molecular formula is C17H14N2O5. The number of fused-ring (bicyclic) bond motifs is 1. The Labute approximate surface area is 137 Å². The summed E-state index contributed by atoms with van der Waals surface area (Å²) in [5.41, 5.74) is 1.94. The first-order valence-electron chi connectivity index (χ1n) is 7.39. The third kappa shape index (κ3) is 2.44. The van der Waals surface area contributed by atoms with Crippen LogP contribution in [0.4, 0.5) is 5.69 Å². The molecule has 1 aromatic heterocycles. The topological polar surface area (TPSA) is 94.9 Å².